The second kappa shape index (κ2) is 7.03. The van der Waals surface area contributed by atoms with Crippen LogP contribution in [-0.2, 0) is 0 Å². The van der Waals surface area contributed by atoms with E-state index in [1.165, 1.54) is 38.5 Å². The molecule has 1 aliphatic carbocycles. The van der Waals surface area contributed by atoms with Crippen molar-refractivity contribution >= 4 is 17.8 Å². The van der Waals surface area contributed by atoms with Crippen LogP contribution in [-0.4, -0.2) is 41.3 Å². The van der Waals surface area contributed by atoms with Gasteiger partial charge in [-0.15, -0.1) is 0 Å². The maximum atomic E-state index is 11.9. The van der Waals surface area contributed by atoms with Gasteiger partial charge in [-0.1, -0.05) is 32.6 Å². The predicted octanol–water partition coefficient (Wildman–Crippen LogP) is 2.51. The monoisotopic (exact) mass is 300 g/mol. The van der Waals surface area contributed by atoms with Crippen LogP contribution in [0.5, 0.6) is 0 Å². The van der Waals surface area contributed by atoms with Crippen molar-refractivity contribution < 1.29 is 9.90 Å². The largest absolute Gasteiger partial charge is 0.387 e. The molecule has 2 fully saturated rings. The van der Waals surface area contributed by atoms with Crippen molar-refractivity contribution in [1.82, 2.24) is 10.6 Å². The summed E-state index contributed by atoms with van der Waals surface area (Å²) in [4.78, 5) is 11.9. The van der Waals surface area contributed by atoms with Gasteiger partial charge in [0.25, 0.3) is 0 Å². The highest BCUT2D eigenvalue weighted by Crippen LogP contribution is 2.33. The minimum absolute atomic E-state index is 0.138. The third-order valence-corrected chi connectivity index (χ3v) is 5.88. The van der Waals surface area contributed by atoms with Gasteiger partial charge in [0.15, 0.2) is 0 Å². The summed E-state index contributed by atoms with van der Waals surface area (Å²) in [5.74, 6) is 1.71. The quantitative estimate of drug-likeness (QED) is 0.699. The Morgan fingerprint density at radius 2 is 1.75 bits per heavy atom. The van der Waals surface area contributed by atoms with E-state index in [0.29, 0.717) is 6.54 Å². The molecule has 0 radical (unpaired) electrons. The molecular formula is C15H28N2O2S. The Morgan fingerprint density at radius 3 is 2.35 bits per heavy atom. The Balaban J connectivity index is 1.68. The fourth-order valence-electron chi connectivity index (χ4n) is 3.10. The lowest BCUT2D eigenvalue weighted by molar-refractivity contribution is 0.0698. The molecule has 4 nitrogen and oxygen atoms in total. The molecule has 0 aromatic carbocycles. The lowest BCUT2D eigenvalue weighted by atomic mass is 9.82. The number of urea groups is 1. The van der Waals surface area contributed by atoms with Crippen molar-refractivity contribution in [2.75, 3.05) is 24.6 Å². The van der Waals surface area contributed by atoms with E-state index < -0.39 is 5.60 Å². The van der Waals surface area contributed by atoms with Crippen LogP contribution >= 0.6 is 11.8 Å². The number of nitrogens with one attached hydrogen (secondary N) is 2. The van der Waals surface area contributed by atoms with Crippen LogP contribution in [0.15, 0.2) is 0 Å². The van der Waals surface area contributed by atoms with Crippen LogP contribution in [0.2, 0.25) is 0 Å². The van der Waals surface area contributed by atoms with E-state index in [-0.39, 0.29) is 11.4 Å². The zero-order valence-corrected chi connectivity index (χ0v) is 13.4. The van der Waals surface area contributed by atoms with Crippen molar-refractivity contribution in [3.63, 3.8) is 0 Å². The molecule has 116 valence electrons. The van der Waals surface area contributed by atoms with Gasteiger partial charge in [-0.25, -0.2) is 4.79 Å². The lowest BCUT2D eigenvalue weighted by Gasteiger charge is -2.29. The molecule has 3 N–H and O–H groups in total. The summed E-state index contributed by atoms with van der Waals surface area (Å²) in [5, 5.41) is 16.0. The van der Waals surface area contributed by atoms with E-state index in [0.717, 1.165) is 24.5 Å². The molecule has 1 unspecified atom stereocenters. The van der Waals surface area contributed by atoms with Crippen molar-refractivity contribution in [1.29, 1.82) is 0 Å². The Kier molecular flexibility index (Phi) is 5.61. The number of carbonyl (C=O) groups is 1. The van der Waals surface area contributed by atoms with Gasteiger partial charge in [0.05, 0.1) is 5.60 Å². The van der Waals surface area contributed by atoms with Gasteiger partial charge in [-0.2, -0.15) is 11.8 Å². The van der Waals surface area contributed by atoms with Crippen molar-refractivity contribution in [2.24, 2.45) is 5.41 Å². The molecule has 1 atom stereocenters. The van der Waals surface area contributed by atoms with Gasteiger partial charge in [0, 0.05) is 18.8 Å². The fourth-order valence-corrected chi connectivity index (χ4v) is 4.39. The number of hydrogen-bond acceptors (Lipinski definition) is 3. The molecule has 0 aromatic heterocycles. The normalized spacial score (nSPS) is 29.7. The SMILES string of the molecule is CC1(CNC(=O)NCC2(O)CCSC2)CCCCCC1. The van der Waals surface area contributed by atoms with Gasteiger partial charge in [-0.05, 0) is 30.4 Å². The fraction of sp³-hybridized carbons (Fsp3) is 0.933. The van der Waals surface area contributed by atoms with Crippen LogP contribution in [0.1, 0.15) is 51.9 Å². The van der Waals surface area contributed by atoms with E-state index in [9.17, 15) is 9.90 Å². The first-order chi connectivity index (χ1) is 9.52. The zero-order valence-electron chi connectivity index (χ0n) is 12.5. The molecule has 1 heterocycles. The predicted molar refractivity (Wildman–Crippen MR) is 84.1 cm³/mol. The summed E-state index contributed by atoms with van der Waals surface area (Å²) in [6, 6.07) is -0.138. The smallest absolute Gasteiger partial charge is 0.314 e. The van der Waals surface area contributed by atoms with E-state index >= 15 is 0 Å². The second-order valence-electron chi connectivity index (χ2n) is 6.79. The molecule has 1 aliphatic heterocycles. The average Bonchev–Trinajstić information content (AvgIpc) is 2.74. The van der Waals surface area contributed by atoms with E-state index in [2.05, 4.69) is 17.6 Å². The van der Waals surface area contributed by atoms with Gasteiger partial charge < -0.3 is 15.7 Å². The highest BCUT2D eigenvalue weighted by molar-refractivity contribution is 7.99. The van der Waals surface area contributed by atoms with E-state index in [1.807, 2.05) is 0 Å². The highest BCUT2D eigenvalue weighted by Gasteiger charge is 2.32. The molecule has 20 heavy (non-hydrogen) atoms. The second-order valence-corrected chi connectivity index (χ2v) is 7.89. The van der Waals surface area contributed by atoms with Crippen molar-refractivity contribution in [3.05, 3.63) is 0 Å². The molecule has 2 aliphatic rings. The molecule has 0 aromatic rings. The molecule has 1 saturated carbocycles. The summed E-state index contributed by atoms with van der Waals surface area (Å²) < 4.78 is 0. The summed E-state index contributed by atoms with van der Waals surface area (Å²) in [6.45, 7) is 3.38. The first-order valence-electron chi connectivity index (χ1n) is 7.83. The summed E-state index contributed by atoms with van der Waals surface area (Å²) >= 11 is 1.75. The first kappa shape index (κ1) is 16.0. The van der Waals surface area contributed by atoms with Gasteiger partial charge in [0.1, 0.15) is 0 Å². The third-order valence-electron chi connectivity index (χ3n) is 4.65. The molecule has 5 heteroatoms. The van der Waals surface area contributed by atoms with Gasteiger partial charge in [-0.3, -0.25) is 0 Å². The Bertz CT molecular complexity index is 322. The number of aliphatic hydroxyl groups is 1. The molecule has 0 bridgehead atoms. The Morgan fingerprint density at radius 1 is 1.10 bits per heavy atom. The maximum absolute atomic E-state index is 11.9. The van der Waals surface area contributed by atoms with E-state index in [4.69, 9.17) is 0 Å². The number of thioether (sulfide) groups is 1. The molecule has 0 spiro atoms. The third kappa shape index (κ3) is 4.85. The standard InChI is InChI=1S/C15H28N2O2S/c1-14(6-4-2-3-5-7-14)10-16-13(18)17-11-15(19)8-9-20-12-15/h19H,2-12H2,1H3,(H2,16,17,18). The number of rotatable bonds is 4. The number of amides is 2. The molecule has 1 saturated heterocycles. The zero-order chi connectivity index (χ0) is 14.5. The highest BCUT2D eigenvalue weighted by atomic mass is 32.2. The molecule has 2 amide bonds. The first-order valence-corrected chi connectivity index (χ1v) is 8.99. The van der Waals surface area contributed by atoms with Crippen LogP contribution in [0.4, 0.5) is 4.79 Å². The molecule has 2 rings (SSSR count). The van der Waals surface area contributed by atoms with Crippen molar-refractivity contribution in [2.45, 2.75) is 57.5 Å². The summed E-state index contributed by atoms with van der Waals surface area (Å²) in [7, 11) is 0. The van der Waals surface area contributed by atoms with Gasteiger partial charge >= 0.3 is 6.03 Å². The lowest BCUT2D eigenvalue weighted by Crippen LogP contribution is -2.48. The van der Waals surface area contributed by atoms with Gasteiger partial charge in [0.2, 0.25) is 0 Å². The molecular weight excluding hydrogens is 272 g/mol. The number of hydrogen-bond donors (Lipinski definition) is 3. The average molecular weight is 300 g/mol. The topological polar surface area (TPSA) is 61.4 Å². The van der Waals surface area contributed by atoms with Crippen LogP contribution < -0.4 is 10.6 Å². The summed E-state index contributed by atoms with van der Waals surface area (Å²) in [6.07, 6.45) is 8.38. The minimum atomic E-state index is -0.700. The van der Waals surface area contributed by atoms with Crippen LogP contribution in [0, 0.1) is 5.41 Å². The maximum Gasteiger partial charge on any atom is 0.314 e. The number of carbonyl (C=O) groups excluding carboxylic acids is 1. The van der Waals surface area contributed by atoms with E-state index in [1.54, 1.807) is 11.8 Å². The minimum Gasteiger partial charge on any atom is -0.387 e. The van der Waals surface area contributed by atoms with Crippen molar-refractivity contribution in [3.8, 4) is 0 Å². The van der Waals surface area contributed by atoms with Crippen LogP contribution in [0.3, 0.4) is 0 Å². The summed E-state index contributed by atoms with van der Waals surface area (Å²) in [5.41, 5.74) is -0.456. The van der Waals surface area contributed by atoms with Crippen LogP contribution in [0.25, 0.3) is 0 Å². The Labute approximate surface area is 126 Å². The Hall–Kier alpha value is -0.420.